The van der Waals surface area contributed by atoms with Crippen LogP contribution in [0.5, 0.6) is 0 Å². The summed E-state index contributed by atoms with van der Waals surface area (Å²) >= 11 is 4.11. The fourth-order valence-corrected chi connectivity index (χ4v) is 4.22. The number of hydrogen-bond acceptors (Lipinski definition) is 4. The van der Waals surface area contributed by atoms with Gasteiger partial charge in [0.1, 0.15) is 9.84 Å². The van der Waals surface area contributed by atoms with Gasteiger partial charge in [-0.3, -0.25) is 4.99 Å². The third kappa shape index (κ3) is 8.62. The Labute approximate surface area is 144 Å². The molecule has 0 amide bonds. The predicted molar refractivity (Wildman–Crippen MR) is 99.0 cm³/mol. The Morgan fingerprint density at radius 3 is 2.71 bits per heavy atom. The maximum Gasteiger partial charge on any atom is 0.191 e. The molecule has 1 aromatic rings. The van der Waals surface area contributed by atoms with Crippen LogP contribution in [0.2, 0.25) is 0 Å². The molecule has 1 aromatic heterocycles. The summed E-state index contributed by atoms with van der Waals surface area (Å²) in [5.41, 5.74) is 0. The average molecular weight is 443 g/mol. The van der Waals surface area contributed by atoms with Crippen LogP contribution in [0.25, 0.3) is 0 Å². The first-order valence-corrected chi connectivity index (χ1v) is 10.6. The van der Waals surface area contributed by atoms with E-state index >= 15 is 0 Å². The minimum absolute atomic E-state index is 0.0635. The van der Waals surface area contributed by atoms with Crippen molar-refractivity contribution in [1.29, 1.82) is 0 Å². The molecular weight excluding hydrogens is 421 g/mol. The van der Waals surface area contributed by atoms with E-state index in [1.54, 1.807) is 18.4 Å². The van der Waals surface area contributed by atoms with Gasteiger partial charge < -0.3 is 10.6 Å². The van der Waals surface area contributed by atoms with Crippen LogP contribution in [0, 0.1) is 2.88 Å². The number of nitrogens with zero attached hydrogens (tertiary/aromatic N) is 1. The second kappa shape index (κ2) is 8.94. The van der Waals surface area contributed by atoms with E-state index in [9.17, 15) is 8.42 Å². The van der Waals surface area contributed by atoms with E-state index in [-0.39, 0.29) is 11.8 Å². The summed E-state index contributed by atoms with van der Waals surface area (Å²) in [6, 6.07) is 4.31. The Morgan fingerprint density at radius 2 is 2.19 bits per heavy atom. The lowest BCUT2D eigenvalue weighted by Gasteiger charge is -2.17. The predicted octanol–water partition coefficient (Wildman–Crippen LogP) is 1.88. The highest BCUT2D eigenvalue weighted by molar-refractivity contribution is 14.1. The number of rotatable bonds is 7. The normalized spacial score (nSPS) is 14.0. The summed E-state index contributed by atoms with van der Waals surface area (Å²) in [5.74, 6) is 0.897. The lowest BCUT2D eigenvalue weighted by molar-refractivity contribution is 0.581. The SMILES string of the molecule is CN=C(NCCc1ccc(I)s1)NC(C)CCS(C)(=O)=O. The zero-order valence-corrected chi connectivity index (χ0v) is 16.3. The molecule has 5 nitrogen and oxygen atoms in total. The number of halogens is 1. The maximum absolute atomic E-state index is 11.1. The van der Waals surface area contributed by atoms with Crippen molar-refractivity contribution in [3.05, 3.63) is 19.9 Å². The lowest BCUT2D eigenvalue weighted by atomic mass is 10.3. The highest BCUT2D eigenvalue weighted by Gasteiger charge is 2.09. The van der Waals surface area contributed by atoms with Gasteiger partial charge in [0.25, 0.3) is 0 Å². The quantitative estimate of drug-likeness (QED) is 0.384. The van der Waals surface area contributed by atoms with Crippen LogP contribution < -0.4 is 10.6 Å². The molecule has 0 radical (unpaired) electrons. The Morgan fingerprint density at radius 1 is 1.48 bits per heavy atom. The van der Waals surface area contributed by atoms with Crippen LogP contribution in [0.3, 0.4) is 0 Å². The molecule has 0 saturated carbocycles. The van der Waals surface area contributed by atoms with Gasteiger partial charge in [-0.1, -0.05) is 0 Å². The van der Waals surface area contributed by atoms with Crippen molar-refractivity contribution in [2.75, 3.05) is 25.6 Å². The monoisotopic (exact) mass is 443 g/mol. The second-order valence-corrected chi connectivity index (χ2v) is 10.2. The van der Waals surface area contributed by atoms with Crippen LogP contribution in [-0.2, 0) is 16.3 Å². The molecule has 0 aliphatic heterocycles. The van der Waals surface area contributed by atoms with Crippen LogP contribution in [-0.4, -0.2) is 46.0 Å². The lowest BCUT2D eigenvalue weighted by Crippen LogP contribution is -2.43. The van der Waals surface area contributed by atoms with Crippen molar-refractivity contribution >= 4 is 49.7 Å². The zero-order chi connectivity index (χ0) is 15.9. The van der Waals surface area contributed by atoms with Crippen LogP contribution in [0.4, 0.5) is 0 Å². The van der Waals surface area contributed by atoms with Crippen molar-refractivity contribution in [2.24, 2.45) is 4.99 Å². The molecule has 0 aliphatic rings. The van der Waals surface area contributed by atoms with Gasteiger partial charge >= 0.3 is 0 Å². The molecule has 120 valence electrons. The van der Waals surface area contributed by atoms with Crippen molar-refractivity contribution < 1.29 is 8.42 Å². The minimum atomic E-state index is -2.91. The Kier molecular flexibility index (Phi) is 7.96. The molecule has 0 aromatic carbocycles. The Balaban J connectivity index is 2.31. The molecule has 1 rings (SSSR count). The fraction of sp³-hybridized carbons (Fsp3) is 0.615. The summed E-state index contributed by atoms with van der Waals surface area (Å²) in [4.78, 5) is 5.50. The van der Waals surface area contributed by atoms with Crippen molar-refractivity contribution in [3.63, 3.8) is 0 Å². The van der Waals surface area contributed by atoms with E-state index in [1.807, 2.05) is 6.92 Å². The van der Waals surface area contributed by atoms with Crippen molar-refractivity contribution in [1.82, 2.24) is 10.6 Å². The van der Waals surface area contributed by atoms with Crippen molar-refractivity contribution in [3.8, 4) is 0 Å². The fourth-order valence-electron chi connectivity index (χ4n) is 1.68. The largest absolute Gasteiger partial charge is 0.356 e. The van der Waals surface area contributed by atoms with Gasteiger partial charge in [-0.2, -0.15) is 0 Å². The van der Waals surface area contributed by atoms with Crippen LogP contribution >= 0.6 is 33.9 Å². The topological polar surface area (TPSA) is 70.6 Å². The summed E-state index contributed by atoms with van der Waals surface area (Å²) < 4.78 is 23.6. The van der Waals surface area contributed by atoms with E-state index in [0.29, 0.717) is 12.4 Å². The van der Waals surface area contributed by atoms with Crippen LogP contribution in [0.15, 0.2) is 17.1 Å². The summed E-state index contributed by atoms with van der Waals surface area (Å²) in [7, 11) is -1.20. The molecule has 21 heavy (non-hydrogen) atoms. The second-order valence-electron chi connectivity index (χ2n) is 4.92. The molecule has 0 bridgehead atoms. The van der Waals surface area contributed by atoms with Gasteiger partial charge in [0.15, 0.2) is 5.96 Å². The van der Waals surface area contributed by atoms with E-state index in [4.69, 9.17) is 0 Å². The van der Waals surface area contributed by atoms with Gasteiger partial charge in [0, 0.05) is 30.8 Å². The molecule has 0 spiro atoms. The van der Waals surface area contributed by atoms with Crippen LogP contribution in [0.1, 0.15) is 18.2 Å². The molecular formula is C13H22IN3O2S2. The molecule has 1 unspecified atom stereocenters. The number of thiophene rings is 1. The summed E-state index contributed by atoms with van der Waals surface area (Å²) in [5, 5.41) is 6.46. The highest BCUT2D eigenvalue weighted by Crippen LogP contribution is 2.18. The smallest absolute Gasteiger partial charge is 0.191 e. The number of nitrogens with one attached hydrogen (secondary N) is 2. The molecule has 0 aliphatic carbocycles. The number of hydrogen-bond donors (Lipinski definition) is 2. The molecule has 8 heteroatoms. The summed E-state index contributed by atoms with van der Waals surface area (Å²) in [6.07, 6.45) is 2.78. The van der Waals surface area contributed by atoms with E-state index in [2.05, 4.69) is 50.3 Å². The Hall–Kier alpha value is -0.350. The average Bonchev–Trinajstić information content (AvgIpc) is 2.80. The molecule has 0 fully saturated rings. The van der Waals surface area contributed by atoms with Gasteiger partial charge in [-0.25, -0.2) is 8.42 Å². The third-order valence-corrected chi connectivity index (χ3v) is 5.75. The van der Waals surface area contributed by atoms with Gasteiger partial charge in [0.2, 0.25) is 0 Å². The standard InChI is InChI=1S/C13H22IN3O2S2/c1-10(7-9-21(3,18)19)17-13(15-2)16-8-6-11-4-5-12(14)20-11/h4-5,10H,6-9H2,1-3H3,(H2,15,16,17). The van der Waals surface area contributed by atoms with E-state index < -0.39 is 9.84 Å². The Bertz CT molecular complexity index is 570. The minimum Gasteiger partial charge on any atom is -0.356 e. The zero-order valence-electron chi connectivity index (χ0n) is 12.5. The van der Waals surface area contributed by atoms with Crippen molar-refractivity contribution in [2.45, 2.75) is 25.8 Å². The molecule has 2 N–H and O–H groups in total. The van der Waals surface area contributed by atoms with Gasteiger partial charge in [-0.05, 0) is 54.5 Å². The first-order chi connectivity index (χ1) is 9.80. The first-order valence-electron chi connectivity index (χ1n) is 6.69. The van der Waals surface area contributed by atoms with Gasteiger partial charge in [0.05, 0.1) is 8.64 Å². The maximum atomic E-state index is 11.1. The molecule has 0 saturated heterocycles. The number of aliphatic imine (C=N–C) groups is 1. The molecule has 1 heterocycles. The van der Waals surface area contributed by atoms with Gasteiger partial charge in [-0.15, -0.1) is 11.3 Å². The number of sulfone groups is 1. The first kappa shape index (κ1) is 18.7. The summed E-state index contributed by atoms with van der Waals surface area (Å²) in [6.45, 7) is 2.76. The highest BCUT2D eigenvalue weighted by atomic mass is 127. The molecule has 1 atom stereocenters. The third-order valence-electron chi connectivity index (χ3n) is 2.82. The number of guanidine groups is 1. The van der Waals surface area contributed by atoms with E-state index in [0.717, 1.165) is 13.0 Å². The van der Waals surface area contributed by atoms with E-state index in [1.165, 1.54) is 14.0 Å².